The number of hydrogen-bond acceptors (Lipinski definition) is 7. The Morgan fingerprint density at radius 1 is 1.03 bits per heavy atom. The van der Waals surface area contributed by atoms with Crippen LogP contribution >= 0.6 is 0 Å². The fourth-order valence-corrected chi connectivity index (χ4v) is 4.51. The maximum Gasteiger partial charge on any atom is 0.326 e. The second-order valence-corrected chi connectivity index (χ2v) is 9.68. The maximum absolute atomic E-state index is 13.3. The highest BCUT2D eigenvalue weighted by atomic mass is 16.4. The van der Waals surface area contributed by atoms with Gasteiger partial charge in [0.1, 0.15) is 18.1 Å². The largest absolute Gasteiger partial charge is 0.480 e. The number of amides is 3. The molecule has 39 heavy (non-hydrogen) atoms. The van der Waals surface area contributed by atoms with Crippen molar-refractivity contribution < 1.29 is 24.3 Å². The van der Waals surface area contributed by atoms with Gasteiger partial charge in [-0.15, -0.1) is 0 Å². The summed E-state index contributed by atoms with van der Waals surface area (Å²) in [6.45, 7) is 1.12. The summed E-state index contributed by atoms with van der Waals surface area (Å²) in [5.41, 5.74) is 23.0. The van der Waals surface area contributed by atoms with Gasteiger partial charge in [-0.2, -0.15) is 0 Å². The lowest BCUT2D eigenvalue weighted by Crippen LogP contribution is -2.57. The predicted molar refractivity (Wildman–Crippen MR) is 147 cm³/mol. The molecule has 0 aromatic heterocycles. The number of carbonyl (C=O) groups is 4. The van der Waals surface area contributed by atoms with E-state index in [2.05, 4.69) is 15.6 Å². The summed E-state index contributed by atoms with van der Waals surface area (Å²) >= 11 is 0. The average Bonchev–Trinajstić information content (AvgIpc) is 3.40. The van der Waals surface area contributed by atoms with E-state index in [-0.39, 0.29) is 31.3 Å². The van der Waals surface area contributed by atoms with Crippen LogP contribution in [0.5, 0.6) is 0 Å². The number of carboxylic acids is 1. The first-order valence-electron chi connectivity index (χ1n) is 13.3. The summed E-state index contributed by atoms with van der Waals surface area (Å²) in [6, 6.07) is 5.30. The number of likely N-dealkylation sites (tertiary alicyclic amines) is 1. The van der Waals surface area contributed by atoms with Crippen LogP contribution in [0.3, 0.4) is 0 Å². The van der Waals surface area contributed by atoms with Crippen LogP contribution in [0.25, 0.3) is 0 Å². The third kappa shape index (κ3) is 10.5. The van der Waals surface area contributed by atoms with E-state index in [4.69, 9.17) is 22.9 Å². The van der Waals surface area contributed by atoms with Gasteiger partial charge in [-0.05, 0) is 50.6 Å². The molecule has 1 saturated heterocycles. The summed E-state index contributed by atoms with van der Waals surface area (Å²) in [4.78, 5) is 56.7. The zero-order chi connectivity index (χ0) is 28.8. The van der Waals surface area contributed by atoms with Gasteiger partial charge in [0.05, 0.1) is 6.04 Å². The number of rotatable bonds is 16. The summed E-state index contributed by atoms with van der Waals surface area (Å²) < 4.78 is 0. The molecule has 4 atom stereocenters. The van der Waals surface area contributed by atoms with Crippen molar-refractivity contribution >= 4 is 29.7 Å². The molecule has 0 radical (unpaired) electrons. The summed E-state index contributed by atoms with van der Waals surface area (Å²) in [7, 11) is 0. The van der Waals surface area contributed by atoms with Crippen molar-refractivity contribution in [3.8, 4) is 0 Å². The Hall–Kier alpha value is -3.71. The number of carboxylic acid groups (broad SMARTS) is 1. The zero-order valence-corrected chi connectivity index (χ0v) is 22.3. The maximum atomic E-state index is 13.3. The monoisotopic (exact) mass is 546 g/mol. The molecule has 216 valence electrons. The van der Waals surface area contributed by atoms with Crippen molar-refractivity contribution in [2.75, 3.05) is 19.6 Å². The first-order chi connectivity index (χ1) is 18.6. The minimum atomic E-state index is -1.21. The fourth-order valence-electron chi connectivity index (χ4n) is 4.51. The molecule has 1 aliphatic rings. The Labute approximate surface area is 228 Å². The number of nitrogens with one attached hydrogen (secondary N) is 2. The molecule has 1 fully saturated rings. The molecule has 1 aliphatic heterocycles. The van der Waals surface area contributed by atoms with Crippen molar-refractivity contribution in [3.63, 3.8) is 0 Å². The lowest BCUT2D eigenvalue weighted by molar-refractivity contribution is -0.143. The van der Waals surface area contributed by atoms with E-state index in [0.29, 0.717) is 45.2 Å². The Morgan fingerprint density at radius 2 is 1.74 bits per heavy atom. The van der Waals surface area contributed by atoms with E-state index in [1.54, 1.807) is 12.1 Å². The molecule has 3 amide bonds. The number of aliphatic imine (C=N–C) groups is 1. The van der Waals surface area contributed by atoms with Crippen LogP contribution in [0.15, 0.2) is 35.3 Å². The minimum Gasteiger partial charge on any atom is -0.480 e. The molecule has 0 spiro atoms. The molecule has 13 heteroatoms. The topological polar surface area (TPSA) is 232 Å². The predicted octanol–water partition coefficient (Wildman–Crippen LogP) is -1.22. The Kier molecular flexibility index (Phi) is 13.2. The van der Waals surface area contributed by atoms with E-state index in [1.165, 1.54) is 4.90 Å². The van der Waals surface area contributed by atoms with E-state index in [0.717, 1.165) is 12.0 Å². The molecule has 0 saturated carbocycles. The molecule has 0 bridgehead atoms. The van der Waals surface area contributed by atoms with Crippen LogP contribution in [0, 0.1) is 0 Å². The molecule has 11 N–H and O–H groups in total. The molecule has 2 rings (SSSR count). The number of benzene rings is 1. The van der Waals surface area contributed by atoms with Crippen molar-refractivity contribution in [1.29, 1.82) is 0 Å². The third-order valence-electron chi connectivity index (χ3n) is 6.60. The summed E-state index contributed by atoms with van der Waals surface area (Å²) in [5.74, 6) is -2.75. The Morgan fingerprint density at radius 3 is 2.38 bits per heavy atom. The van der Waals surface area contributed by atoms with Crippen molar-refractivity contribution in [2.45, 2.75) is 75.5 Å². The second kappa shape index (κ2) is 16.3. The lowest BCUT2D eigenvalue weighted by atomic mass is 10.0. The standard InChI is InChI=1S/C26H42N8O5/c27-13-5-4-10-18(28)24(37)34-15-7-12-21(34)23(36)33-20(16-17-8-2-1-3-9-17)22(35)32-19(25(38)39)11-6-14-31-26(29)30/h1-3,8-9,18-21H,4-7,10-16,27-28H2,(H,32,35)(H,33,36)(H,38,39)(H4,29,30,31). The van der Waals surface area contributed by atoms with E-state index < -0.39 is 42.0 Å². The van der Waals surface area contributed by atoms with Crippen LogP contribution in [-0.4, -0.2) is 83.5 Å². The molecule has 13 nitrogen and oxygen atoms in total. The van der Waals surface area contributed by atoms with Crippen molar-refractivity contribution in [2.24, 2.45) is 27.9 Å². The average molecular weight is 547 g/mol. The highest BCUT2D eigenvalue weighted by Crippen LogP contribution is 2.20. The first-order valence-corrected chi connectivity index (χ1v) is 13.3. The smallest absolute Gasteiger partial charge is 0.326 e. The molecule has 1 heterocycles. The van der Waals surface area contributed by atoms with Gasteiger partial charge in [-0.3, -0.25) is 19.4 Å². The van der Waals surface area contributed by atoms with Crippen LogP contribution in [0.2, 0.25) is 0 Å². The number of nitrogens with two attached hydrogens (primary N) is 4. The van der Waals surface area contributed by atoms with E-state index in [9.17, 15) is 24.3 Å². The van der Waals surface area contributed by atoms with Crippen LogP contribution in [-0.2, 0) is 25.6 Å². The van der Waals surface area contributed by atoms with Gasteiger partial charge in [-0.25, -0.2) is 4.79 Å². The molecule has 1 aromatic carbocycles. The van der Waals surface area contributed by atoms with Crippen LogP contribution < -0.4 is 33.6 Å². The third-order valence-corrected chi connectivity index (χ3v) is 6.60. The first kappa shape index (κ1) is 31.5. The number of nitrogens with zero attached hydrogens (tertiary/aromatic N) is 2. The molecule has 1 aromatic rings. The number of carbonyl (C=O) groups excluding carboxylic acids is 3. The van der Waals surface area contributed by atoms with Gasteiger partial charge in [0, 0.05) is 19.5 Å². The van der Waals surface area contributed by atoms with Crippen molar-refractivity contribution in [1.82, 2.24) is 15.5 Å². The van der Waals surface area contributed by atoms with Gasteiger partial charge in [0.15, 0.2) is 5.96 Å². The Bertz CT molecular complexity index is 986. The quantitative estimate of drug-likeness (QED) is 0.0747. The lowest BCUT2D eigenvalue weighted by Gasteiger charge is -2.28. The van der Waals surface area contributed by atoms with E-state index >= 15 is 0 Å². The minimum absolute atomic E-state index is 0.0941. The molecular formula is C26H42N8O5. The van der Waals surface area contributed by atoms with Gasteiger partial charge in [0.25, 0.3) is 0 Å². The molecular weight excluding hydrogens is 504 g/mol. The number of aliphatic carboxylic acids is 1. The van der Waals surface area contributed by atoms with Gasteiger partial charge >= 0.3 is 5.97 Å². The van der Waals surface area contributed by atoms with Crippen LogP contribution in [0.4, 0.5) is 0 Å². The number of hydrogen-bond donors (Lipinski definition) is 7. The van der Waals surface area contributed by atoms with Gasteiger partial charge in [-0.1, -0.05) is 36.8 Å². The fraction of sp³-hybridized carbons (Fsp3) is 0.577. The summed E-state index contributed by atoms with van der Waals surface area (Å²) in [5, 5.41) is 14.9. The normalized spacial score (nSPS) is 17.1. The molecule has 0 aliphatic carbocycles. The highest BCUT2D eigenvalue weighted by molar-refractivity contribution is 5.94. The van der Waals surface area contributed by atoms with Gasteiger partial charge in [0.2, 0.25) is 17.7 Å². The number of unbranched alkanes of at least 4 members (excludes halogenated alkanes) is 1. The van der Waals surface area contributed by atoms with Gasteiger partial charge < -0.3 is 43.6 Å². The molecule has 4 unspecified atom stereocenters. The SMILES string of the molecule is NCCCCC(N)C(=O)N1CCCC1C(=O)NC(Cc1ccccc1)C(=O)NC(CCCN=C(N)N)C(=O)O. The number of guanidine groups is 1. The van der Waals surface area contributed by atoms with Crippen LogP contribution in [0.1, 0.15) is 50.5 Å². The zero-order valence-electron chi connectivity index (χ0n) is 22.3. The Balaban J connectivity index is 2.12. The second-order valence-electron chi connectivity index (χ2n) is 9.68. The van der Waals surface area contributed by atoms with Crippen molar-refractivity contribution in [3.05, 3.63) is 35.9 Å². The van der Waals surface area contributed by atoms with E-state index in [1.807, 2.05) is 18.2 Å². The summed E-state index contributed by atoms with van der Waals surface area (Å²) in [6.07, 6.45) is 3.57. The highest BCUT2D eigenvalue weighted by Gasteiger charge is 2.37.